The molecule has 0 aliphatic carbocycles. The summed E-state index contributed by atoms with van der Waals surface area (Å²) in [6, 6.07) is 9.36. The standard InChI is InChI=1S/C16H17F2N/c1-10-5-4-6-15(11(10)2)16(19-3)12-7-13(17)9-14(18)8-12/h4-9,16,19H,1-3H3. The van der Waals surface area contributed by atoms with Gasteiger partial charge < -0.3 is 5.32 Å². The number of nitrogens with one attached hydrogen (secondary N) is 1. The Bertz CT molecular complexity index is 573. The quantitative estimate of drug-likeness (QED) is 0.883. The van der Waals surface area contributed by atoms with E-state index in [1.165, 1.54) is 12.1 Å². The minimum absolute atomic E-state index is 0.218. The smallest absolute Gasteiger partial charge is 0.126 e. The molecule has 0 spiro atoms. The molecule has 0 saturated carbocycles. The van der Waals surface area contributed by atoms with E-state index in [9.17, 15) is 8.78 Å². The highest BCUT2D eigenvalue weighted by Crippen LogP contribution is 2.27. The largest absolute Gasteiger partial charge is 0.309 e. The fourth-order valence-electron chi connectivity index (χ4n) is 2.33. The van der Waals surface area contributed by atoms with Gasteiger partial charge in [0.2, 0.25) is 0 Å². The van der Waals surface area contributed by atoms with Crippen LogP contribution < -0.4 is 5.32 Å². The maximum absolute atomic E-state index is 13.4. The second-order valence-corrected chi connectivity index (χ2v) is 4.71. The SMILES string of the molecule is CNC(c1cc(F)cc(F)c1)c1cccc(C)c1C. The topological polar surface area (TPSA) is 12.0 Å². The van der Waals surface area contributed by atoms with Gasteiger partial charge in [-0.2, -0.15) is 0 Å². The Morgan fingerprint density at radius 3 is 2.21 bits per heavy atom. The van der Waals surface area contributed by atoms with E-state index < -0.39 is 11.6 Å². The van der Waals surface area contributed by atoms with Crippen molar-refractivity contribution in [3.63, 3.8) is 0 Å². The van der Waals surface area contributed by atoms with E-state index in [1.807, 2.05) is 32.0 Å². The molecule has 0 heterocycles. The molecule has 2 aromatic rings. The average Bonchev–Trinajstić information content (AvgIpc) is 2.34. The number of rotatable bonds is 3. The first-order valence-electron chi connectivity index (χ1n) is 6.22. The third-order valence-corrected chi connectivity index (χ3v) is 3.46. The van der Waals surface area contributed by atoms with Gasteiger partial charge in [-0.15, -0.1) is 0 Å². The molecule has 0 saturated heterocycles. The molecule has 19 heavy (non-hydrogen) atoms. The van der Waals surface area contributed by atoms with Gasteiger partial charge in [-0.05, 0) is 55.3 Å². The highest BCUT2D eigenvalue weighted by atomic mass is 19.1. The summed E-state index contributed by atoms with van der Waals surface area (Å²) in [7, 11) is 1.79. The van der Waals surface area contributed by atoms with E-state index in [2.05, 4.69) is 5.32 Å². The van der Waals surface area contributed by atoms with E-state index in [4.69, 9.17) is 0 Å². The van der Waals surface area contributed by atoms with Crippen LogP contribution in [0.2, 0.25) is 0 Å². The zero-order chi connectivity index (χ0) is 14.0. The molecule has 0 bridgehead atoms. The lowest BCUT2D eigenvalue weighted by molar-refractivity contribution is 0.571. The van der Waals surface area contributed by atoms with Crippen LogP contribution >= 0.6 is 0 Å². The summed E-state index contributed by atoms with van der Waals surface area (Å²) >= 11 is 0. The van der Waals surface area contributed by atoms with Gasteiger partial charge in [0.15, 0.2) is 0 Å². The van der Waals surface area contributed by atoms with Crippen LogP contribution in [-0.4, -0.2) is 7.05 Å². The monoisotopic (exact) mass is 261 g/mol. The van der Waals surface area contributed by atoms with Gasteiger partial charge in [0.1, 0.15) is 11.6 Å². The number of hydrogen-bond donors (Lipinski definition) is 1. The van der Waals surface area contributed by atoms with Crippen LogP contribution in [-0.2, 0) is 0 Å². The molecule has 0 amide bonds. The summed E-state index contributed by atoms with van der Waals surface area (Å²) < 4.78 is 26.7. The normalized spacial score (nSPS) is 12.5. The summed E-state index contributed by atoms with van der Waals surface area (Å²) in [6.07, 6.45) is 0. The minimum atomic E-state index is -0.555. The molecule has 1 unspecified atom stereocenters. The first-order chi connectivity index (χ1) is 9.02. The van der Waals surface area contributed by atoms with Gasteiger partial charge in [0.25, 0.3) is 0 Å². The highest BCUT2D eigenvalue weighted by Gasteiger charge is 2.16. The molecular weight excluding hydrogens is 244 g/mol. The Labute approximate surface area is 112 Å². The number of hydrogen-bond acceptors (Lipinski definition) is 1. The lowest BCUT2D eigenvalue weighted by Gasteiger charge is -2.20. The van der Waals surface area contributed by atoms with Crippen LogP contribution in [0, 0.1) is 25.5 Å². The highest BCUT2D eigenvalue weighted by molar-refractivity contribution is 5.40. The molecule has 0 aliphatic rings. The lowest BCUT2D eigenvalue weighted by atomic mass is 9.92. The maximum Gasteiger partial charge on any atom is 0.126 e. The van der Waals surface area contributed by atoms with Crippen molar-refractivity contribution in [2.75, 3.05) is 7.05 Å². The molecule has 2 rings (SSSR count). The Morgan fingerprint density at radius 1 is 1.00 bits per heavy atom. The third-order valence-electron chi connectivity index (χ3n) is 3.46. The van der Waals surface area contributed by atoms with Crippen molar-refractivity contribution in [1.29, 1.82) is 0 Å². The molecule has 0 aromatic heterocycles. The van der Waals surface area contributed by atoms with Crippen LogP contribution in [0.1, 0.15) is 28.3 Å². The molecular formula is C16H17F2N. The fraction of sp³-hybridized carbons (Fsp3) is 0.250. The third kappa shape index (κ3) is 2.82. The van der Waals surface area contributed by atoms with E-state index in [0.717, 1.165) is 22.8 Å². The lowest BCUT2D eigenvalue weighted by Crippen LogP contribution is -2.19. The van der Waals surface area contributed by atoms with Gasteiger partial charge >= 0.3 is 0 Å². The van der Waals surface area contributed by atoms with Crippen molar-refractivity contribution in [2.45, 2.75) is 19.9 Å². The van der Waals surface area contributed by atoms with Gasteiger partial charge in [0, 0.05) is 6.07 Å². The first-order valence-corrected chi connectivity index (χ1v) is 6.22. The molecule has 100 valence electrons. The molecule has 0 radical (unpaired) electrons. The Hall–Kier alpha value is -1.74. The Morgan fingerprint density at radius 2 is 1.63 bits per heavy atom. The van der Waals surface area contributed by atoms with Crippen LogP contribution in [0.4, 0.5) is 8.78 Å². The number of benzene rings is 2. The summed E-state index contributed by atoms with van der Waals surface area (Å²) in [5.74, 6) is -1.11. The molecule has 1 nitrogen and oxygen atoms in total. The zero-order valence-electron chi connectivity index (χ0n) is 11.3. The van der Waals surface area contributed by atoms with Crippen molar-refractivity contribution in [3.8, 4) is 0 Å². The van der Waals surface area contributed by atoms with Crippen LogP contribution in [0.5, 0.6) is 0 Å². The Kier molecular flexibility index (Phi) is 3.96. The van der Waals surface area contributed by atoms with E-state index in [1.54, 1.807) is 7.05 Å². The summed E-state index contributed by atoms with van der Waals surface area (Å²) in [6.45, 7) is 4.04. The summed E-state index contributed by atoms with van der Waals surface area (Å²) in [5, 5.41) is 3.12. The van der Waals surface area contributed by atoms with Crippen molar-refractivity contribution >= 4 is 0 Å². The van der Waals surface area contributed by atoms with Crippen molar-refractivity contribution < 1.29 is 8.78 Å². The van der Waals surface area contributed by atoms with Gasteiger partial charge in [-0.25, -0.2) is 8.78 Å². The van der Waals surface area contributed by atoms with E-state index >= 15 is 0 Å². The van der Waals surface area contributed by atoms with Crippen LogP contribution in [0.25, 0.3) is 0 Å². The van der Waals surface area contributed by atoms with E-state index in [0.29, 0.717) is 5.56 Å². The predicted molar refractivity (Wildman–Crippen MR) is 73.2 cm³/mol. The van der Waals surface area contributed by atoms with Gasteiger partial charge in [0.05, 0.1) is 6.04 Å². The summed E-state index contributed by atoms with van der Waals surface area (Å²) in [5.41, 5.74) is 3.92. The number of halogens is 2. The van der Waals surface area contributed by atoms with Crippen molar-refractivity contribution in [2.24, 2.45) is 0 Å². The molecule has 2 aromatic carbocycles. The molecule has 0 fully saturated rings. The van der Waals surface area contributed by atoms with E-state index in [-0.39, 0.29) is 6.04 Å². The second-order valence-electron chi connectivity index (χ2n) is 4.71. The van der Waals surface area contributed by atoms with Crippen molar-refractivity contribution in [3.05, 3.63) is 70.3 Å². The maximum atomic E-state index is 13.4. The zero-order valence-corrected chi connectivity index (χ0v) is 11.3. The minimum Gasteiger partial charge on any atom is -0.309 e. The molecule has 3 heteroatoms. The molecule has 0 aliphatic heterocycles. The molecule has 1 atom stereocenters. The van der Waals surface area contributed by atoms with Gasteiger partial charge in [-0.1, -0.05) is 18.2 Å². The van der Waals surface area contributed by atoms with Crippen LogP contribution in [0.3, 0.4) is 0 Å². The van der Waals surface area contributed by atoms with Gasteiger partial charge in [-0.3, -0.25) is 0 Å². The number of aryl methyl sites for hydroxylation is 1. The molecule has 1 N–H and O–H groups in total. The van der Waals surface area contributed by atoms with Crippen LogP contribution in [0.15, 0.2) is 36.4 Å². The Balaban J connectivity index is 2.53. The first kappa shape index (κ1) is 13.7. The average molecular weight is 261 g/mol. The summed E-state index contributed by atoms with van der Waals surface area (Å²) in [4.78, 5) is 0. The predicted octanol–water partition coefficient (Wildman–Crippen LogP) is 3.89. The fourth-order valence-corrected chi connectivity index (χ4v) is 2.33. The second kappa shape index (κ2) is 5.49. The van der Waals surface area contributed by atoms with Crippen molar-refractivity contribution in [1.82, 2.24) is 5.32 Å².